The minimum Gasteiger partial charge on any atom is -0.301 e. The van der Waals surface area contributed by atoms with Crippen molar-refractivity contribution in [1.82, 2.24) is 10.2 Å². The van der Waals surface area contributed by atoms with Gasteiger partial charge in [-0.1, -0.05) is 53.2 Å². The molecule has 0 aliphatic rings. The van der Waals surface area contributed by atoms with Crippen LogP contribution in [0.5, 0.6) is 0 Å². The largest absolute Gasteiger partial charge is 0.301 e. The Kier molecular flexibility index (Phi) is 8.81. The van der Waals surface area contributed by atoms with Gasteiger partial charge in [-0.05, 0) is 31.0 Å². The molecule has 0 aliphatic carbocycles. The summed E-state index contributed by atoms with van der Waals surface area (Å²) in [5.74, 6) is 0.698. The van der Waals surface area contributed by atoms with Gasteiger partial charge < -0.3 is 5.32 Å². The highest BCUT2D eigenvalue weighted by molar-refractivity contribution is 8.01. The van der Waals surface area contributed by atoms with Gasteiger partial charge in [0.1, 0.15) is 0 Å². The number of anilines is 2. The molecule has 0 bridgehead atoms. The van der Waals surface area contributed by atoms with Crippen molar-refractivity contribution in [2.75, 3.05) is 28.2 Å². The number of amides is 1. The second-order valence-corrected chi connectivity index (χ2v) is 10.8. The van der Waals surface area contributed by atoms with Crippen LogP contribution in [-0.2, 0) is 14.8 Å². The number of hydrogen-bond donors (Lipinski definition) is 1. The van der Waals surface area contributed by atoms with Crippen molar-refractivity contribution in [3.63, 3.8) is 0 Å². The van der Waals surface area contributed by atoms with Gasteiger partial charge in [0.15, 0.2) is 4.34 Å². The molecule has 0 aliphatic heterocycles. The zero-order valence-corrected chi connectivity index (χ0v) is 19.3. The zero-order chi connectivity index (χ0) is 20.7. The van der Waals surface area contributed by atoms with Gasteiger partial charge in [-0.2, -0.15) is 0 Å². The maximum atomic E-state index is 12.1. The standard InChI is InChI=1S/C16H20Cl2N4O3S3/c1-3-9-26-16-21-20-15(27-16)19-14(23)5-4-8-22(28(2,24)25)11-6-7-12(17)13(18)10-11/h6-7,10H,3-5,8-9H2,1-2H3,(H,19,20,23). The fraction of sp³-hybridized carbons (Fsp3) is 0.438. The molecule has 0 saturated carbocycles. The highest BCUT2D eigenvalue weighted by Gasteiger charge is 2.19. The van der Waals surface area contributed by atoms with Crippen LogP contribution in [0.4, 0.5) is 10.8 Å². The summed E-state index contributed by atoms with van der Waals surface area (Å²) in [5, 5.41) is 11.7. The van der Waals surface area contributed by atoms with Crippen molar-refractivity contribution in [1.29, 1.82) is 0 Å². The number of nitrogens with one attached hydrogen (secondary N) is 1. The Morgan fingerprint density at radius 3 is 2.68 bits per heavy atom. The van der Waals surface area contributed by atoms with E-state index in [1.165, 1.54) is 27.8 Å². The molecule has 0 spiro atoms. The molecule has 1 N–H and O–H groups in total. The van der Waals surface area contributed by atoms with Crippen LogP contribution in [0.25, 0.3) is 0 Å². The molecule has 0 unspecified atom stereocenters. The molecule has 2 aromatic rings. The Bertz CT molecular complexity index is 922. The van der Waals surface area contributed by atoms with E-state index in [4.69, 9.17) is 23.2 Å². The lowest BCUT2D eigenvalue weighted by atomic mass is 10.2. The molecule has 1 aromatic heterocycles. The molecule has 0 fully saturated rings. The first-order chi connectivity index (χ1) is 13.2. The summed E-state index contributed by atoms with van der Waals surface area (Å²) in [7, 11) is -3.53. The summed E-state index contributed by atoms with van der Waals surface area (Å²) in [4.78, 5) is 12.1. The summed E-state index contributed by atoms with van der Waals surface area (Å²) in [6, 6.07) is 4.60. The summed E-state index contributed by atoms with van der Waals surface area (Å²) in [5.41, 5.74) is 0.402. The minimum atomic E-state index is -3.53. The van der Waals surface area contributed by atoms with E-state index in [9.17, 15) is 13.2 Å². The van der Waals surface area contributed by atoms with E-state index in [2.05, 4.69) is 22.4 Å². The quantitative estimate of drug-likeness (QED) is 0.394. The van der Waals surface area contributed by atoms with Crippen molar-refractivity contribution >= 4 is 73.0 Å². The Morgan fingerprint density at radius 2 is 2.04 bits per heavy atom. The van der Waals surface area contributed by atoms with Gasteiger partial charge in [0.05, 0.1) is 22.0 Å². The van der Waals surface area contributed by atoms with Gasteiger partial charge in [0.2, 0.25) is 21.1 Å². The van der Waals surface area contributed by atoms with Crippen LogP contribution < -0.4 is 9.62 Å². The van der Waals surface area contributed by atoms with Crippen molar-refractivity contribution < 1.29 is 13.2 Å². The van der Waals surface area contributed by atoms with E-state index in [1.807, 2.05) is 0 Å². The summed E-state index contributed by atoms with van der Waals surface area (Å²) >= 11 is 14.8. The Balaban J connectivity index is 1.92. The van der Waals surface area contributed by atoms with Gasteiger partial charge in [-0.25, -0.2) is 8.42 Å². The van der Waals surface area contributed by atoms with Gasteiger partial charge in [0.25, 0.3) is 0 Å². The van der Waals surface area contributed by atoms with Gasteiger partial charge in [0, 0.05) is 18.7 Å². The number of thioether (sulfide) groups is 1. The highest BCUT2D eigenvalue weighted by atomic mass is 35.5. The van der Waals surface area contributed by atoms with Crippen LogP contribution in [0.2, 0.25) is 10.0 Å². The molecule has 28 heavy (non-hydrogen) atoms. The lowest BCUT2D eigenvalue weighted by Gasteiger charge is -2.22. The fourth-order valence-corrected chi connectivity index (χ4v) is 5.14. The third-order valence-corrected chi connectivity index (χ3v) is 7.55. The van der Waals surface area contributed by atoms with Crippen molar-refractivity contribution in [3.8, 4) is 0 Å². The fourth-order valence-electron chi connectivity index (χ4n) is 2.20. The van der Waals surface area contributed by atoms with E-state index < -0.39 is 10.0 Å². The lowest BCUT2D eigenvalue weighted by Crippen LogP contribution is -2.31. The molecule has 2 rings (SSSR count). The zero-order valence-electron chi connectivity index (χ0n) is 15.3. The monoisotopic (exact) mass is 482 g/mol. The number of halogens is 2. The van der Waals surface area contributed by atoms with E-state index >= 15 is 0 Å². The molecule has 154 valence electrons. The third-order valence-electron chi connectivity index (χ3n) is 3.44. The lowest BCUT2D eigenvalue weighted by molar-refractivity contribution is -0.116. The first kappa shape index (κ1) is 23.2. The number of nitrogens with zero attached hydrogens (tertiary/aromatic N) is 3. The van der Waals surface area contributed by atoms with Gasteiger partial charge in [-0.3, -0.25) is 9.10 Å². The van der Waals surface area contributed by atoms with Crippen molar-refractivity contribution in [2.45, 2.75) is 30.5 Å². The average Bonchev–Trinajstić information content (AvgIpc) is 3.05. The first-order valence-electron chi connectivity index (χ1n) is 8.39. The molecule has 1 aromatic carbocycles. The summed E-state index contributed by atoms with van der Waals surface area (Å²) < 4.78 is 26.2. The van der Waals surface area contributed by atoms with Crippen LogP contribution in [0.15, 0.2) is 22.5 Å². The molecule has 0 saturated heterocycles. The molecular weight excluding hydrogens is 463 g/mol. The van der Waals surface area contributed by atoms with Crippen molar-refractivity contribution in [2.24, 2.45) is 0 Å². The normalized spacial score (nSPS) is 11.4. The van der Waals surface area contributed by atoms with Crippen LogP contribution >= 0.6 is 46.3 Å². The predicted molar refractivity (Wildman–Crippen MR) is 117 cm³/mol. The molecule has 1 amide bonds. The molecule has 1 heterocycles. The topological polar surface area (TPSA) is 92.3 Å². The smallest absolute Gasteiger partial charge is 0.232 e. The SMILES string of the molecule is CCCSc1nnc(NC(=O)CCCN(c2ccc(Cl)c(Cl)c2)S(C)(=O)=O)s1. The number of hydrogen-bond acceptors (Lipinski definition) is 7. The number of aromatic nitrogens is 2. The second kappa shape index (κ2) is 10.6. The Labute approximate surface area is 182 Å². The molecule has 12 heteroatoms. The van der Waals surface area contributed by atoms with Crippen molar-refractivity contribution in [3.05, 3.63) is 28.2 Å². The Morgan fingerprint density at radius 1 is 1.29 bits per heavy atom. The highest BCUT2D eigenvalue weighted by Crippen LogP contribution is 2.29. The van der Waals surface area contributed by atoms with E-state index in [-0.39, 0.29) is 23.9 Å². The summed E-state index contributed by atoms with van der Waals surface area (Å²) in [6.07, 6.45) is 2.60. The predicted octanol–water partition coefficient (Wildman–Crippen LogP) is 4.53. The maximum absolute atomic E-state index is 12.1. The second-order valence-electron chi connectivity index (χ2n) is 5.81. The number of sulfonamides is 1. The number of carbonyl (C=O) groups is 1. The number of benzene rings is 1. The minimum absolute atomic E-state index is 0.137. The van der Waals surface area contributed by atoms with Crippen LogP contribution in [0.3, 0.4) is 0 Å². The average molecular weight is 483 g/mol. The van der Waals surface area contributed by atoms with Gasteiger partial charge >= 0.3 is 0 Å². The van der Waals surface area contributed by atoms with Crippen LogP contribution in [-0.4, -0.2) is 43.1 Å². The van der Waals surface area contributed by atoms with Crippen LogP contribution in [0.1, 0.15) is 26.2 Å². The molecule has 0 atom stereocenters. The Hall–Kier alpha value is -1.07. The molecule has 7 nitrogen and oxygen atoms in total. The maximum Gasteiger partial charge on any atom is 0.232 e. The summed E-state index contributed by atoms with van der Waals surface area (Å²) in [6.45, 7) is 2.21. The third kappa shape index (κ3) is 7.07. The first-order valence-corrected chi connectivity index (χ1v) is 12.8. The number of carbonyl (C=O) groups excluding carboxylic acids is 1. The van der Waals surface area contributed by atoms with Crippen LogP contribution in [0, 0.1) is 0 Å². The molecular formula is C16H20Cl2N4O3S3. The van der Waals surface area contributed by atoms with E-state index in [0.717, 1.165) is 22.8 Å². The molecule has 0 radical (unpaired) electrons. The van der Waals surface area contributed by atoms with E-state index in [1.54, 1.807) is 17.8 Å². The van der Waals surface area contributed by atoms with Gasteiger partial charge in [-0.15, -0.1) is 10.2 Å². The number of rotatable bonds is 10. The van der Waals surface area contributed by atoms with E-state index in [0.29, 0.717) is 22.3 Å².